The molecule has 3 nitrogen and oxygen atoms in total. The highest BCUT2D eigenvalue weighted by molar-refractivity contribution is 7.15. The predicted molar refractivity (Wildman–Crippen MR) is 66.6 cm³/mol. The van der Waals surface area contributed by atoms with Crippen molar-refractivity contribution in [2.45, 2.75) is 25.2 Å². The Hall–Kier alpha value is -1.73. The van der Waals surface area contributed by atoms with Crippen LogP contribution < -0.4 is 0 Å². The molecule has 0 saturated heterocycles. The van der Waals surface area contributed by atoms with Crippen molar-refractivity contribution in [1.82, 2.24) is 9.97 Å². The molecule has 0 amide bonds. The fraction of sp³-hybridized carbons (Fsp3) is 0.308. The van der Waals surface area contributed by atoms with Crippen molar-refractivity contribution < 1.29 is 0 Å². The molecule has 1 aliphatic rings. The number of aromatic nitrogens is 2. The highest BCUT2D eigenvalue weighted by Gasteiger charge is 2.29. The van der Waals surface area contributed by atoms with E-state index in [1.165, 1.54) is 12.8 Å². The van der Waals surface area contributed by atoms with Gasteiger partial charge in [0.25, 0.3) is 0 Å². The standard InChI is InChI=1S/C13H11N3S/c14-6-3-11-12(9-1-2-9)16-13(17-11)10-4-7-15-8-5-10/h4-5,7-9H,1-3H2. The molecule has 0 bridgehead atoms. The molecule has 2 heterocycles. The van der Waals surface area contributed by atoms with Gasteiger partial charge in [-0.05, 0) is 25.0 Å². The van der Waals surface area contributed by atoms with E-state index < -0.39 is 0 Å². The fourth-order valence-corrected chi connectivity index (χ4v) is 2.94. The van der Waals surface area contributed by atoms with Crippen LogP contribution in [-0.2, 0) is 6.42 Å². The van der Waals surface area contributed by atoms with Crippen molar-refractivity contribution in [3.05, 3.63) is 35.1 Å². The lowest BCUT2D eigenvalue weighted by molar-refractivity contribution is 1.02. The van der Waals surface area contributed by atoms with E-state index in [9.17, 15) is 0 Å². The zero-order chi connectivity index (χ0) is 11.7. The first kappa shape index (κ1) is 10.4. The summed E-state index contributed by atoms with van der Waals surface area (Å²) in [4.78, 5) is 9.85. The largest absolute Gasteiger partial charge is 0.265 e. The van der Waals surface area contributed by atoms with E-state index in [2.05, 4.69) is 11.1 Å². The molecule has 0 unspecified atom stereocenters. The monoisotopic (exact) mass is 241 g/mol. The summed E-state index contributed by atoms with van der Waals surface area (Å²) < 4.78 is 0. The van der Waals surface area contributed by atoms with Gasteiger partial charge in [-0.3, -0.25) is 4.98 Å². The third kappa shape index (κ3) is 2.06. The smallest absolute Gasteiger partial charge is 0.124 e. The minimum Gasteiger partial charge on any atom is -0.265 e. The maximum absolute atomic E-state index is 8.85. The molecule has 0 aliphatic heterocycles. The average molecular weight is 241 g/mol. The molecule has 0 radical (unpaired) electrons. The number of rotatable bonds is 3. The average Bonchev–Trinajstić information content (AvgIpc) is 3.13. The van der Waals surface area contributed by atoms with Crippen LogP contribution in [0.25, 0.3) is 10.6 Å². The van der Waals surface area contributed by atoms with E-state index in [0.29, 0.717) is 12.3 Å². The van der Waals surface area contributed by atoms with Crippen LogP contribution in [-0.4, -0.2) is 9.97 Å². The summed E-state index contributed by atoms with van der Waals surface area (Å²) in [6, 6.07) is 6.16. The molecule has 1 aliphatic carbocycles. The maximum Gasteiger partial charge on any atom is 0.124 e. The Morgan fingerprint density at radius 3 is 2.76 bits per heavy atom. The van der Waals surface area contributed by atoms with Gasteiger partial charge in [0.1, 0.15) is 5.01 Å². The molecule has 1 fully saturated rings. The minimum atomic E-state index is 0.481. The van der Waals surface area contributed by atoms with Gasteiger partial charge in [-0.15, -0.1) is 11.3 Å². The first-order valence-corrected chi connectivity index (χ1v) is 6.47. The lowest BCUT2D eigenvalue weighted by Gasteiger charge is -1.93. The molecular formula is C13H11N3S. The van der Waals surface area contributed by atoms with Crippen molar-refractivity contribution in [3.8, 4) is 16.6 Å². The molecule has 0 atom stereocenters. The number of pyridine rings is 1. The summed E-state index contributed by atoms with van der Waals surface area (Å²) in [7, 11) is 0. The molecule has 2 aromatic heterocycles. The number of thiazole rings is 1. The Bertz CT molecular complexity index is 564. The van der Waals surface area contributed by atoms with E-state index in [-0.39, 0.29) is 0 Å². The van der Waals surface area contributed by atoms with Gasteiger partial charge in [0.2, 0.25) is 0 Å². The van der Waals surface area contributed by atoms with Crippen molar-refractivity contribution in [2.24, 2.45) is 0 Å². The van der Waals surface area contributed by atoms with Crippen LogP contribution in [0.1, 0.15) is 29.3 Å². The van der Waals surface area contributed by atoms with Gasteiger partial charge < -0.3 is 0 Å². The van der Waals surface area contributed by atoms with Crippen LogP contribution in [0, 0.1) is 11.3 Å². The van der Waals surface area contributed by atoms with Crippen LogP contribution in [0.5, 0.6) is 0 Å². The highest BCUT2D eigenvalue weighted by atomic mass is 32.1. The zero-order valence-corrected chi connectivity index (χ0v) is 10.1. The Balaban J connectivity index is 2.01. The van der Waals surface area contributed by atoms with Crippen molar-refractivity contribution in [3.63, 3.8) is 0 Å². The van der Waals surface area contributed by atoms with Crippen LogP contribution in [0.3, 0.4) is 0 Å². The van der Waals surface area contributed by atoms with Gasteiger partial charge in [0.05, 0.1) is 18.2 Å². The Kier molecular flexibility index (Phi) is 2.62. The molecule has 2 aromatic rings. The van der Waals surface area contributed by atoms with Gasteiger partial charge >= 0.3 is 0 Å². The quantitative estimate of drug-likeness (QED) is 0.829. The first-order chi connectivity index (χ1) is 8.38. The second-order valence-corrected chi connectivity index (χ2v) is 5.26. The Morgan fingerprint density at radius 1 is 1.35 bits per heavy atom. The van der Waals surface area contributed by atoms with Gasteiger partial charge in [0, 0.05) is 28.8 Å². The molecule has 84 valence electrons. The minimum absolute atomic E-state index is 0.481. The molecule has 0 aromatic carbocycles. The van der Waals surface area contributed by atoms with Gasteiger partial charge in [-0.25, -0.2) is 4.98 Å². The van der Waals surface area contributed by atoms with E-state index in [1.807, 2.05) is 12.1 Å². The number of hydrogen-bond donors (Lipinski definition) is 0. The van der Waals surface area contributed by atoms with Crippen LogP contribution in [0.15, 0.2) is 24.5 Å². The summed E-state index contributed by atoms with van der Waals surface area (Å²) >= 11 is 1.64. The number of hydrogen-bond acceptors (Lipinski definition) is 4. The summed E-state index contributed by atoms with van der Waals surface area (Å²) in [5, 5.41) is 9.86. The van der Waals surface area contributed by atoms with E-state index in [4.69, 9.17) is 10.2 Å². The van der Waals surface area contributed by atoms with E-state index in [1.54, 1.807) is 23.7 Å². The van der Waals surface area contributed by atoms with Crippen molar-refractivity contribution >= 4 is 11.3 Å². The molecule has 4 heteroatoms. The van der Waals surface area contributed by atoms with Gasteiger partial charge in [-0.1, -0.05) is 0 Å². The molecule has 17 heavy (non-hydrogen) atoms. The summed E-state index contributed by atoms with van der Waals surface area (Å²) in [5.41, 5.74) is 2.25. The summed E-state index contributed by atoms with van der Waals surface area (Å²) in [6.07, 6.45) is 6.47. The normalized spacial score (nSPS) is 14.5. The third-order valence-corrected chi connectivity index (χ3v) is 3.98. The predicted octanol–water partition coefficient (Wildman–Crippen LogP) is 3.15. The second-order valence-electron chi connectivity index (χ2n) is 4.17. The number of nitriles is 1. The summed E-state index contributed by atoms with van der Waals surface area (Å²) in [5.74, 6) is 0.602. The molecule has 0 spiro atoms. The van der Waals surface area contributed by atoms with Gasteiger partial charge in [-0.2, -0.15) is 5.26 Å². The van der Waals surface area contributed by atoms with E-state index >= 15 is 0 Å². The van der Waals surface area contributed by atoms with Crippen LogP contribution >= 0.6 is 11.3 Å². The second kappa shape index (κ2) is 4.27. The SMILES string of the molecule is N#CCc1sc(-c2ccncc2)nc1C1CC1. The molecule has 3 rings (SSSR count). The molecule has 0 N–H and O–H groups in total. The fourth-order valence-electron chi connectivity index (χ4n) is 1.86. The highest BCUT2D eigenvalue weighted by Crippen LogP contribution is 2.44. The topological polar surface area (TPSA) is 49.6 Å². The third-order valence-electron chi connectivity index (χ3n) is 2.86. The van der Waals surface area contributed by atoms with E-state index in [0.717, 1.165) is 21.1 Å². The molecule has 1 saturated carbocycles. The van der Waals surface area contributed by atoms with Gasteiger partial charge in [0.15, 0.2) is 0 Å². The van der Waals surface area contributed by atoms with Crippen LogP contribution in [0.2, 0.25) is 0 Å². The zero-order valence-electron chi connectivity index (χ0n) is 9.26. The first-order valence-electron chi connectivity index (χ1n) is 5.65. The summed E-state index contributed by atoms with van der Waals surface area (Å²) in [6.45, 7) is 0. The number of nitrogens with zero attached hydrogens (tertiary/aromatic N) is 3. The lowest BCUT2D eigenvalue weighted by Crippen LogP contribution is -1.86. The Labute approximate surface area is 104 Å². The Morgan fingerprint density at radius 2 is 2.12 bits per heavy atom. The van der Waals surface area contributed by atoms with Crippen LogP contribution in [0.4, 0.5) is 0 Å². The van der Waals surface area contributed by atoms with Crippen molar-refractivity contribution in [1.29, 1.82) is 5.26 Å². The van der Waals surface area contributed by atoms with Crippen molar-refractivity contribution in [2.75, 3.05) is 0 Å². The lowest BCUT2D eigenvalue weighted by atomic mass is 10.2. The maximum atomic E-state index is 8.85. The molecular weight excluding hydrogens is 230 g/mol.